The maximum absolute atomic E-state index is 12.0. The lowest BCUT2D eigenvalue weighted by atomic mass is 10.2. The molecule has 0 fully saturated rings. The molecule has 0 saturated heterocycles. The van der Waals surface area contributed by atoms with Crippen LogP contribution < -0.4 is 10.3 Å². The van der Waals surface area contributed by atoms with Crippen molar-refractivity contribution in [1.82, 2.24) is 9.97 Å². The van der Waals surface area contributed by atoms with Crippen LogP contribution in [0.5, 0.6) is 5.75 Å². The largest absolute Gasteiger partial charge is 0.490 e. The highest BCUT2D eigenvalue weighted by Crippen LogP contribution is 2.27. The number of nitrogens with one attached hydrogen (secondary N) is 1. The zero-order valence-electron chi connectivity index (χ0n) is 12.8. The van der Waals surface area contributed by atoms with Gasteiger partial charge in [-0.15, -0.1) is 0 Å². The molecule has 6 nitrogen and oxygen atoms in total. The molecule has 0 unspecified atom stereocenters. The SMILES string of the molecule is CCOC(=O)c1cnc(-c2ccccc2OC(C)C)[nH]c1=O. The number of nitrogens with zero attached hydrogens (tertiary/aromatic N) is 1. The quantitative estimate of drug-likeness (QED) is 0.858. The molecule has 0 bridgehead atoms. The van der Waals surface area contributed by atoms with Crippen molar-refractivity contribution in [3.05, 3.63) is 46.4 Å². The van der Waals surface area contributed by atoms with E-state index in [-0.39, 0.29) is 18.3 Å². The van der Waals surface area contributed by atoms with Crippen LogP contribution in [0.2, 0.25) is 0 Å². The number of hydrogen-bond acceptors (Lipinski definition) is 5. The molecule has 0 atom stereocenters. The van der Waals surface area contributed by atoms with E-state index >= 15 is 0 Å². The maximum atomic E-state index is 12.0. The maximum Gasteiger partial charge on any atom is 0.345 e. The minimum absolute atomic E-state index is 0.00771. The average molecular weight is 302 g/mol. The zero-order valence-corrected chi connectivity index (χ0v) is 12.8. The second-order valence-corrected chi connectivity index (χ2v) is 4.86. The third kappa shape index (κ3) is 3.52. The Morgan fingerprint density at radius 3 is 2.68 bits per heavy atom. The van der Waals surface area contributed by atoms with Crippen LogP contribution in [0.3, 0.4) is 0 Å². The Labute approximate surface area is 128 Å². The van der Waals surface area contributed by atoms with E-state index in [1.165, 1.54) is 6.20 Å². The summed E-state index contributed by atoms with van der Waals surface area (Å²) in [5.74, 6) is 0.272. The van der Waals surface area contributed by atoms with Crippen LogP contribution >= 0.6 is 0 Å². The van der Waals surface area contributed by atoms with Gasteiger partial charge in [0.2, 0.25) is 0 Å². The van der Waals surface area contributed by atoms with E-state index in [0.29, 0.717) is 17.1 Å². The number of aromatic nitrogens is 2. The smallest absolute Gasteiger partial charge is 0.345 e. The average Bonchev–Trinajstić information content (AvgIpc) is 2.47. The third-order valence-electron chi connectivity index (χ3n) is 2.80. The van der Waals surface area contributed by atoms with Crippen LogP contribution in [0.4, 0.5) is 0 Å². The number of esters is 1. The van der Waals surface area contributed by atoms with Crippen molar-refractivity contribution in [3.8, 4) is 17.1 Å². The van der Waals surface area contributed by atoms with Crippen LogP contribution in [-0.4, -0.2) is 28.6 Å². The second kappa shape index (κ2) is 6.89. The lowest BCUT2D eigenvalue weighted by Gasteiger charge is -2.13. The summed E-state index contributed by atoms with van der Waals surface area (Å²) >= 11 is 0. The first kappa shape index (κ1) is 15.8. The summed E-state index contributed by atoms with van der Waals surface area (Å²) in [6.07, 6.45) is 1.21. The van der Waals surface area contributed by atoms with Crippen LogP contribution in [0.15, 0.2) is 35.3 Å². The highest BCUT2D eigenvalue weighted by Gasteiger charge is 2.15. The van der Waals surface area contributed by atoms with Crippen LogP contribution in [-0.2, 0) is 4.74 Å². The fourth-order valence-corrected chi connectivity index (χ4v) is 1.90. The normalized spacial score (nSPS) is 10.5. The molecule has 0 aliphatic rings. The summed E-state index contributed by atoms with van der Waals surface area (Å²) < 4.78 is 10.5. The van der Waals surface area contributed by atoms with Gasteiger partial charge in [-0.25, -0.2) is 9.78 Å². The molecule has 1 N–H and O–H groups in total. The van der Waals surface area contributed by atoms with Crippen molar-refractivity contribution in [2.45, 2.75) is 26.9 Å². The Balaban J connectivity index is 2.41. The van der Waals surface area contributed by atoms with Gasteiger partial charge in [-0.05, 0) is 32.9 Å². The molecule has 0 saturated carbocycles. The lowest BCUT2D eigenvalue weighted by Crippen LogP contribution is -2.21. The molecule has 0 aliphatic heterocycles. The zero-order chi connectivity index (χ0) is 16.1. The second-order valence-electron chi connectivity index (χ2n) is 4.86. The van der Waals surface area contributed by atoms with E-state index in [1.54, 1.807) is 19.1 Å². The number of hydrogen-bond donors (Lipinski definition) is 1. The Hall–Kier alpha value is -2.63. The first-order valence-electron chi connectivity index (χ1n) is 7.05. The molecule has 0 spiro atoms. The molecule has 22 heavy (non-hydrogen) atoms. The van der Waals surface area contributed by atoms with E-state index in [4.69, 9.17) is 9.47 Å². The minimum Gasteiger partial charge on any atom is -0.490 e. The summed E-state index contributed by atoms with van der Waals surface area (Å²) in [5.41, 5.74) is -0.000585. The Morgan fingerprint density at radius 1 is 1.32 bits per heavy atom. The fraction of sp³-hybridized carbons (Fsp3) is 0.312. The van der Waals surface area contributed by atoms with Gasteiger partial charge in [-0.3, -0.25) is 4.79 Å². The molecule has 0 amide bonds. The number of H-pyrrole nitrogens is 1. The number of carbonyl (C=O) groups excluding carboxylic acids is 1. The molecule has 116 valence electrons. The molecule has 6 heteroatoms. The molecule has 1 aromatic carbocycles. The van der Waals surface area contributed by atoms with Gasteiger partial charge in [0.05, 0.1) is 18.3 Å². The summed E-state index contributed by atoms with van der Waals surface area (Å²) in [6.45, 7) is 5.70. The van der Waals surface area contributed by atoms with Crippen molar-refractivity contribution < 1.29 is 14.3 Å². The van der Waals surface area contributed by atoms with Crippen LogP contribution in [0.25, 0.3) is 11.4 Å². The van der Waals surface area contributed by atoms with E-state index in [2.05, 4.69) is 9.97 Å². The predicted octanol–water partition coefficient (Wildman–Crippen LogP) is 2.40. The fourth-order valence-electron chi connectivity index (χ4n) is 1.90. The lowest BCUT2D eigenvalue weighted by molar-refractivity contribution is 0.0524. The number of benzene rings is 1. The van der Waals surface area contributed by atoms with Gasteiger partial charge in [0, 0.05) is 6.20 Å². The van der Waals surface area contributed by atoms with Crippen molar-refractivity contribution in [3.63, 3.8) is 0 Å². The highest BCUT2D eigenvalue weighted by molar-refractivity contribution is 5.88. The summed E-state index contributed by atoms with van der Waals surface area (Å²) in [4.78, 5) is 30.4. The monoisotopic (exact) mass is 302 g/mol. The molecular weight excluding hydrogens is 284 g/mol. The molecule has 0 radical (unpaired) electrons. The number of aromatic amines is 1. The van der Waals surface area contributed by atoms with E-state index in [9.17, 15) is 9.59 Å². The summed E-state index contributed by atoms with van der Waals surface area (Å²) in [7, 11) is 0. The number of rotatable bonds is 5. The van der Waals surface area contributed by atoms with E-state index in [1.807, 2.05) is 26.0 Å². The van der Waals surface area contributed by atoms with Crippen molar-refractivity contribution in [2.75, 3.05) is 6.61 Å². The van der Waals surface area contributed by atoms with Crippen LogP contribution in [0, 0.1) is 0 Å². The Morgan fingerprint density at radius 2 is 2.05 bits per heavy atom. The first-order valence-corrected chi connectivity index (χ1v) is 7.05. The molecule has 2 rings (SSSR count). The van der Waals surface area contributed by atoms with Gasteiger partial charge in [-0.2, -0.15) is 0 Å². The van der Waals surface area contributed by atoms with Gasteiger partial charge < -0.3 is 14.5 Å². The molecule has 1 heterocycles. The van der Waals surface area contributed by atoms with E-state index in [0.717, 1.165) is 0 Å². The van der Waals surface area contributed by atoms with Crippen molar-refractivity contribution in [2.24, 2.45) is 0 Å². The number of ether oxygens (including phenoxy) is 2. The topological polar surface area (TPSA) is 81.3 Å². The predicted molar refractivity (Wildman–Crippen MR) is 82.0 cm³/mol. The van der Waals surface area contributed by atoms with Gasteiger partial charge in [-0.1, -0.05) is 12.1 Å². The van der Waals surface area contributed by atoms with Gasteiger partial charge in [0.15, 0.2) is 0 Å². The molecule has 2 aromatic rings. The highest BCUT2D eigenvalue weighted by atomic mass is 16.5. The van der Waals surface area contributed by atoms with Gasteiger partial charge in [0.25, 0.3) is 5.56 Å². The number of para-hydroxylation sites is 1. The van der Waals surface area contributed by atoms with E-state index < -0.39 is 11.5 Å². The molecular formula is C16H18N2O4. The minimum atomic E-state index is -0.686. The van der Waals surface area contributed by atoms with Gasteiger partial charge >= 0.3 is 5.97 Å². The third-order valence-corrected chi connectivity index (χ3v) is 2.80. The standard InChI is InChI=1S/C16H18N2O4/c1-4-21-16(20)12-9-17-14(18-15(12)19)11-7-5-6-8-13(11)22-10(2)3/h5-10H,4H2,1-3H3,(H,17,18,19). The van der Waals surface area contributed by atoms with Crippen LogP contribution in [0.1, 0.15) is 31.1 Å². The number of carbonyl (C=O) groups is 1. The Bertz CT molecular complexity index is 722. The molecule has 0 aliphatic carbocycles. The summed E-state index contributed by atoms with van der Waals surface area (Å²) in [6, 6.07) is 7.25. The van der Waals surface area contributed by atoms with Crippen molar-refractivity contribution >= 4 is 5.97 Å². The van der Waals surface area contributed by atoms with Crippen molar-refractivity contribution in [1.29, 1.82) is 0 Å². The molecule has 1 aromatic heterocycles. The first-order chi connectivity index (χ1) is 10.5. The summed E-state index contributed by atoms with van der Waals surface area (Å²) in [5, 5.41) is 0. The van der Waals surface area contributed by atoms with Gasteiger partial charge in [0.1, 0.15) is 17.1 Å². The Kier molecular flexibility index (Phi) is 4.93.